The lowest BCUT2D eigenvalue weighted by Gasteiger charge is -2.16. The highest BCUT2D eigenvalue weighted by Crippen LogP contribution is 2.28. The van der Waals surface area contributed by atoms with Crippen molar-refractivity contribution in [3.63, 3.8) is 0 Å². The van der Waals surface area contributed by atoms with Gasteiger partial charge in [0.2, 0.25) is 5.91 Å². The van der Waals surface area contributed by atoms with Gasteiger partial charge in [-0.1, -0.05) is 23.2 Å². The van der Waals surface area contributed by atoms with E-state index in [4.69, 9.17) is 27.6 Å². The van der Waals surface area contributed by atoms with Gasteiger partial charge in [0.15, 0.2) is 5.76 Å². The van der Waals surface area contributed by atoms with Crippen LogP contribution in [0.5, 0.6) is 0 Å². The van der Waals surface area contributed by atoms with Gasteiger partial charge < -0.3 is 15.1 Å². The molecule has 0 saturated heterocycles. The number of nitrogens with one attached hydrogen (secondary N) is 2. The molecule has 0 aliphatic carbocycles. The minimum atomic E-state index is -0.627. The van der Waals surface area contributed by atoms with Crippen molar-refractivity contribution in [2.24, 2.45) is 0 Å². The van der Waals surface area contributed by atoms with Crippen LogP contribution in [0.1, 0.15) is 29.1 Å². The number of furan rings is 1. The lowest BCUT2D eigenvalue weighted by molar-refractivity contribution is -0.120. The molecule has 0 fully saturated rings. The Morgan fingerprint density at radius 1 is 1.30 bits per heavy atom. The Labute approximate surface area is 141 Å². The molecular formula is C15H13Cl2FN2O3. The van der Waals surface area contributed by atoms with E-state index in [9.17, 15) is 14.0 Å². The molecule has 0 aliphatic heterocycles. The molecule has 122 valence electrons. The quantitative estimate of drug-likeness (QED) is 0.805. The van der Waals surface area contributed by atoms with Crippen LogP contribution in [-0.2, 0) is 4.79 Å². The summed E-state index contributed by atoms with van der Waals surface area (Å²) in [6.07, 6.45) is 1.36. The molecule has 0 aliphatic rings. The lowest BCUT2D eigenvalue weighted by atomic mass is 10.1. The van der Waals surface area contributed by atoms with Gasteiger partial charge in [0.1, 0.15) is 5.82 Å². The SMILES string of the molecule is C[C@@H](NC(=O)CNC(=O)c1ccco1)c1cc(F)c(Cl)cc1Cl. The summed E-state index contributed by atoms with van der Waals surface area (Å²) in [5, 5.41) is 5.15. The van der Waals surface area contributed by atoms with E-state index >= 15 is 0 Å². The number of amides is 2. The summed E-state index contributed by atoms with van der Waals surface area (Å²) >= 11 is 11.6. The summed E-state index contributed by atoms with van der Waals surface area (Å²) in [5.74, 6) is -1.48. The highest BCUT2D eigenvalue weighted by Gasteiger charge is 2.16. The van der Waals surface area contributed by atoms with Crippen LogP contribution < -0.4 is 10.6 Å². The van der Waals surface area contributed by atoms with Gasteiger partial charge in [0.05, 0.1) is 23.9 Å². The second-order valence-electron chi connectivity index (χ2n) is 4.74. The van der Waals surface area contributed by atoms with Crippen molar-refractivity contribution in [1.29, 1.82) is 0 Å². The maximum absolute atomic E-state index is 13.5. The number of benzene rings is 1. The minimum Gasteiger partial charge on any atom is -0.459 e. The van der Waals surface area contributed by atoms with Gasteiger partial charge in [0.25, 0.3) is 5.91 Å². The normalized spacial score (nSPS) is 11.8. The van der Waals surface area contributed by atoms with Crippen LogP contribution in [0.4, 0.5) is 4.39 Å². The largest absolute Gasteiger partial charge is 0.459 e. The highest BCUT2D eigenvalue weighted by atomic mass is 35.5. The molecule has 1 aromatic carbocycles. The van der Waals surface area contributed by atoms with Gasteiger partial charge in [-0.15, -0.1) is 0 Å². The summed E-state index contributed by atoms with van der Waals surface area (Å²) in [6, 6.07) is 4.93. The van der Waals surface area contributed by atoms with Crippen LogP contribution in [0, 0.1) is 5.82 Å². The zero-order valence-corrected chi connectivity index (χ0v) is 13.5. The topological polar surface area (TPSA) is 71.3 Å². The number of hydrogen-bond acceptors (Lipinski definition) is 3. The molecule has 23 heavy (non-hydrogen) atoms. The molecule has 2 amide bonds. The number of carbonyl (C=O) groups excluding carboxylic acids is 2. The fourth-order valence-electron chi connectivity index (χ4n) is 1.90. The van der Waals surface area contributed by atoms with Crippen molar-refractivity contribution in [2.45, 2.75) is 13.0 Å². The molecule has 0 radical (unpaired) electrons. The smallest absolute Gasteiger partial charge is 0.287 e. The minimum absolute atomic E-state index is 0.0945. The number of halogens is 3. The Hall–Kier alpha value is -2.05. The van der Waals surface area contributed by atoms with Crippen LogP contribution >= 0.6 is 23.2 Å². The molecular weight excluding hydrogens is 346 g/mol. The van der Waals surface area contributed by atoms with Gasteiger partial charge in [-0.3, -0.25) is 9.59 Å². The average molecular weight is 359 g/mol. The third kappa shape index (κ3) is 4.46. The molecule has 2 rings (SSSR count). The second-order valence-corrected chi connectivity index (χ2v) is 5.55. The zero-order chi connectivity index (χ0) is 17.0. The lowest BCUT2D eigenvalue weighted by Crippen LogP contribution is -2.38. The molecule has 1 aromatic heterocycles. The summed E-state index contributed by atoms with van der Waals surface area (Å²) < 4.78 is 18.4. The average Bonchev–Trinajstić information content (AvgIpc) is 3.02. The van der Waals surface area contributed by atoms with Crippen molar-refractivity contribution in [3.05, 3.63) is 57.7 Å². The van der Waals surface area contributed by atoms with Gasteiger partial charge in [-0.25, -0.2) is 4.39 Å². The molecule has 1 atom stereocenters. The van der Waals surface area contributed by atoms with Gasteiger partial charge in [0, 0.05) is 5.02 Å². The molecule has 5 nitrogen and oxygen atoms in total. The molecule has 2 aromatic rings. The van der Waals surface area contributed by atoms with Crippen molar-refractivity contribution in [3.8, 4) is 0 Å². The van der Waals surface area contributed by atoms with E-state index in [1.54, 1.807) is 13.0 Å². The van der Waals surface area contributed by atoms with Gasteiger partial charge >= 0.3 is 0 Å². The molecule has 0 unspecified atom stereocenters. The maximum Gasteiger partial charge on any atom is 0.287 e. The van der Waals surface area contributed by atoms with Crippen molar-refractivity contribution in [2.75, 3.05) is 6.54 Å². The van der Waals surface area contributed by atoms with Gasteiger partial charge in [-0.05, 0) is 36.8 Å². The summed E-state index contributed by atoms with van der Waals surface area (Å²) in [7, 11) is 0. The molecule has 0 bridgehead atoms. The first-order valence-corrected chi connectivity index (χ1v) is 7.39. The Morgan fingerprint density at radius 2 is 2.04 bits per heavy atom. The van der Waals surface area contributed by atoms with E-state index in [2.05, 4.69) is 10.6 Å². The molecule has 8 heteroatoms. The summed E-state index contributed by atoms with van der Waals surface area (Å²) in [5.41, 5.74) is 0.388. The highest BCUT2D eigenvalue weighted by molar-refractivity contribution is 6.35. The Morgan fingerprint density at radius 3 is 2.70 bits per heavy atom. The molecule has 1 heterocycles. The van der Waals surface area contributed by atoms with Crippen LogP contribution in [0.15, 0.2) is 34.9 Å². The fourth-order valence-corrected chi connectivity index (χ4v) is 2.44. The maximum atomic E-state index is 13.5. The number of carbonyl (C=O) groups is 2. The van der Waals surface area contributed by atoms with E-state index in [0.29, 0.717) is 5.56 Å². The third-order valence-electron chi connectivity index (χ3n) is 3.04. The van der Waals surface area contributed by atoms with E-state index in [0.717, 1.165) is 6.07 Å². The van der Waals surface area contributed by atoms with E-state index in [1.165, 1.54) is 18.4 Å². The zero-order valence-electron chi connectivity index (χ0n) is 12.0. The molecule has 0 spiro atoms. The van der Waals surface area contributed by atoms with Crippen LogP contribution in [0.2, 0.25) is 10.0 Å². The van der Waals surface area contributed by atoms with E-state index in [1.807, 2.05) is 0 Å². The molecule has 2 N–H and O–H groups in total. The Balaban J connectivity index is 1.92. The van der Waals surface area contributed by atoms with Crippen LogP contribution in [0.3, 0.4) is 0 Å². The van der Waals surface area contributed by atoms with Crippen LogP contribution in [-0.4, -0.2) is 18.4 Å². The monoisotopic (exact) mass is 358 g/mol. The first-order valence-electron chi connectivity index (χ1n) is 6.64. The summed E-state index contributed by atoms with van der Waals surface area (Å²) in [6.45, 7) is 1.39. The van der Waals surface area contributed by atoms with Crippen LogP contribution in [0.25, 0.3) is 0 Å². The predicted octanol–water partition coefficient (Wildman–Crippen LogP) is 3.33. The first kappa shape index (κ1) is 17.3. The predicted molar refractivity (Wildman–Crippen MR) is 84.0 cm³/mol. The molecule has 0 saturated carbocycles. The second kappa shape index (κ2) is 7.48. The van der Waals surface area contributed by atoms with Crippen molar-refractivity contribution >= 4 is 35.0 Å². The van der Waals surface area contributed by atoms with E-state index < -0.39 is 23.7 Å². The Bertz CT molecular complexity index is 720. The first-order chi connectivity index (χ1) is 10.9. The third-order valence-corrected chi connectivity index (χ3v) is 3.66. The Kier molecular flexibility index (Phi) is 5.63. The fraction of sp³-hybridized carbons (Fsp3) is 0.200. The van der Waals surface area contributed by atoms with E-state index in [-0.39, 0.29) is 22.4 Å². The van der Waals surface area contributed by atoms with Crippen molar-refractivity contribution < 1.29 is 18.4 Å². The van der Waals surface area contributed by atoms with Crippen molar-refractivity contribution in [1.82, 2.24) is 10.6 Å². The van der Waals surface area contributed by atoms with Gasteiger partial charge in [-0.2, -0.15) is 0 Å². The standard InChI is InChI=1S/C15H13Cl2FN2O3/c1-8(9-5-12(18)11(17)6-10(9)16)20-14(21)7-19-15(22)13-3-2-4-23-13/h2-6,8H,7H2,1H3,(H,19,22)(H,20,21)/t8-/m1/s1. The summed E-state index contributed by atoms with van der Waals surface area (Å²) in [4.78, 5) is 23.5. The number of rotatable bonds is 5. The number of hydrogen-bond donors (Lipinski definition) is 2.